The molecule has 0 aliphatic rings. The summed E-state index contributed by atoms with van der Waals surface area (Å²) in [6.07, 6.45) is 0. The number of nitrogens with two attached hydrogens (primary N) is 1. The lowest BCUT2D eigenvalue weighted by atomic mass is 10.1. The molecule has 0 bridgehead atoms. The maximum atomic E-state index is 13.7. The Bertz CT molecular complexity index is 719. The lowest BCUT2D eigenvalue weighted by Crippen LogP contribution is -2.15. The van der Waals surface area contributed by atoms with Gasteiger partial charge in [-0.15, -0.1) is 0 Å². The number of amides is 1. The summed E-state index contributed by atoms with van der Waals surface area (Å²) in [5.41, 5.74) is 6.43. The van der Waals surface area contributed by atoms with Gasteiger partial charge in [-0.05, 0) is 46.3 Å². The number of nitrogens with one attached hydrogen (secondary N) is 1. The Balaban J connectivity index is 2.30. The largest absolute Gasteiger partial charge is 0.389 e. The first kappa shape index (κ1) is 15.9. The summed E-state index contributed by atoms with van der Waals surface area (Å²) in [5.74, 6) is -1.32. The van der Waals surface area contributed by atoms with Gasteiger partial charge in [0.1, 0.15) is 10.8 Å². The van der Waals surface area contributed by atoms with Crippen LogP contribution < -0.4 is 11.1 Å². The SMILES string of the molecule is NC(=S)c1ccc(NC(=O)c2c(F)cccc2Cl)c(Br)c1. The molecular formula is C14H9BrClFN2OS. The van der Waals surface area contributed by atoms with E-state index in [9.17, 15) is 9.18 Å². The third kappa shape index (κ3) is 3.58. The average molecular weight is 388 g/mol. The van der Waals surface area contributed by atoms with Crippen LogP contribution in [0.4, 0.5) is 10.1 Å². The van der Waals surface area contributed by atoms with Gasteiger partial charge in [-0.25, -0.2) is 4.39 Å². The van der Waals surface area contributed by atoms with Gasteiger partial charge < -0.3 is 11.1 Å². The summed E-state index contributed by atoms with van der Waals surface area (Å²) < 4.78 is 14.3. The van der Waals surface area contributed by atoms with Crippen molar-refractivity contribution in [1.82, 2.24) is 0 Å². The molecule has 1 amide bonds. The molecule has 0 spiro atoms. The summed E-state index contributed by atoms with van der Waals surface area (Å²) in [7, 11) is 0. The Labute approximate surface area is 139 Å². The van der Waals surface area contributed by atoms with E-state index in [1.165, 1.54) is 18.2 Å². The molecule has 7 heteroatoms. The standard InChI is InChI=1S/C14H9BrClFN2OS/c15-8-6-7(13(18)21)4-5-11(8)19-14(20)12-9(16)2-1-3-10(12)17/h1-6H,(H2,18,21)(H,19,20). The Morgan fingerprint density at radius 3 is 2.62 bits per heavy atom. The van der Waals surface area contributed by atoms with Crippen LogP contribution in [0.15, 0.2) is 40.9 Å². The highest BCUT2D eigenvalue weighted by molar-refractivity contribution is 9.10. The van der Waals surface area contributed by atoms with Crippen LogP contribution in [0, 0.1) is 5.82 Å². The Morgan fingerprint density at radius 1 is 1.33 bits per heavy atom. The highest BCUT2D eigenvalue weighted by Gasteiger charge is 2.17. The molecular weight excluding hydrogens is 379 g/mol. The van der Waals surface area contributed by atoms with Gasteiger partial charge in [0.05, 0.1) is 16.3 Å². The van der Waals surface area contributed by atoms with Crippen molar-refractivity contribution >= 4 is 56.3 Å². The lowest BCUT2D eigenvalue weighted by Gasteiger charge is -2.10. The van der Waals surface area contributed by atoms with Crippen molar-refractivity contribution in [2.24, 2.45) is 5.73 Å². The van der Waals surface area contributed by atoms with E-state index in [-0.39, 0.29) is 15.6 Å². The summed E-state index contributed by atoms with van der Waals surface area (Å²) >= 11 is 14.0. The number of carbonyl (C=O) groups excluding carboxylic acids is 1. The summed E-state index contributed by atoms with van der Waals surface area (Å²) in [6, 6.07) is 9.00. The maximum absolute atomic E-state index is 13.7. The van der Waals surface area contributed by atoms with E-state index in [0.717, 1.165) is 0 Å². The lowest BCUT2D eigenvalue weighted by molar-refractivity contribution is 0.102. The van der Waals surface area contributed by atoms with Gasteiger partial charge in [-0.2, -0.15) is 0 Å². The molecule has 0 saturated heterocycles. The second-order valence-electron chi connectivity index (χ2n) is 4.11. The first-order chi connectivity index (χ1) is 9.90. The number of benzene rings is 2. The minimum Gasteiger partial charge on any atom is -0.389 e. The number of hydrogen-bond donors (Lipinski definition) is 2. The van der Waals surface area contributed by atoms with E-state index in [2.05, 4.69) is 21.2 Å². The van der Waals surface area contributed by atoms with Crippen LogP contribution in [0.25, 0.3) is 0 Å². The molecule has 2 aromatic rings. The topological polar surface area (TPSA) is 55.1 Å². The Morgan fingerprint density at radius 2 is 2.05 bits per heavy atom. The molecule has 21 heavy (non-hydrogen) atoms. The van der Waals surface area contributed by atoms with Crippen molar-refractivity contribution in [1.29, 1.82) is 0 Å². The number of anilines is 1. The van der Waals surface area contributed by atoms with Crippen molar-refractivity contribution < 1.29 is 9.18 Å². The molecule has 0 heterocycles. The zero-order chi connectivity index (χ0) is 15.6. The first-order valence-electron chi connectivity index (χ1n) is 5.75. The van der Waals surface area contributed by atoms with Crippen molar-refractivity contribution in [3.8, 4) is 0 Å². The number of carbonyl (C=O) groups is 1. The van der Waals surface area contributed by atoms with Crippen LogP contribution in [-0.2, 0) is 0 Å². The van der Waals surface area contributed by atoms with Gasteiger partial charge >= 0.3 is 0 Å². The quantitative estimate of drug-likeness (QED) is 0.779. The van der Waals surface area contributed by atoms with Crippen LogP contribution >= 0.6 is 39.7 Å². The van der Waals surface area contributed by atoms with Gasteiger partial charge in [-0.3, -0.25) is 4.79 Å². The van der Waals surface area contributed by atoms with E-state index >= 15 is 0 Å². The zero-order valence-electron chi connectivity index (χ0n) is 10.5. The second kappa shape index (κ2) is 6.51. The molecule has 2 rings (SSSR count). The molecule has 0 radical (unpaired) electrons. The predicted octanol–water partition coefficient (Wildman–Crippen LogP) is 4.13. The minimum atomic E-state index is -0.684. The van der Waals surface area contributed by atoms with E-state index in [1.807, 2.05) is 0 Å². The van der Waals surface area contributed by atoms with Crippen LogP contribution in [-0.4, -0.2) is 10.9 Å². The second-order valence-corrected chi connectivity index (χ2v) is 5.81. The fraction of sp³-hybridized carbons (Fsp3) is 0. The van der Waals surface area contributed by atoms with Crippen LogP contribution in [0.5, 0.6) is 0 Å². The van der Waals surface area contributed by atoms with Crippen LogP contribution in [0.3, 0.4) is 0 Å². The number of thiocarbonyl (C=S) groups is 1. The van der Waals surface area contributed by atoms with Crippen molar-refractivity contribution in [3.63, 3.8) is 0 Å². The zero-order valence-corrected chi connectivity index (χ0v) is 13.7. The molecule has 0 atom stereocenters. The molecule has 0 fully saturated rings. The van der Waals surface area contributed by atoms with E-state index in [4.69, 9.17) is 29.6 Å². The van der Waals surface area contributed by atoms with Crippen molar-refractivity contribution in [2.45, 2.75) is 0 Å². The monoisotopic (exact) mass is 386 g/mol. The van der Waals surface area contributed by atoms with Gasteiger partial charge in [-0.1, -0.05) is 29.9 Å². The Hall–Kier alpha value is -1.50. The highest BCUT2D eigenvalue weighted by atomic mass is 79.9. The fourth-order valence-corrected chi connectivity index (χ4v) is 2.52. The molecule has 2 aromatic carbocycles. The fourth-order valence-electron chi connectivity index (χ4n) is 1.67. The Kier molecular flexibility index (Phi) is 4.92. The van der Waals surface area contributed by atoms with Gasteiger partial charge in [0.25, 0.3) is 5.91 Å². The van der Waals surface area contributed by atoms with Crippen molar-refractivity contribution in [2.75, 3.05) is 5.32 Å². The van der Waals surface area contributed by atoms with E-state index in [1.54, 1.807) is 18.2 Å². The molecule has 0 saturated carbocycles. The average Bonchev–Trinajstić information content (AvgIpc) is 2.40. The number of halogens is 3. The van der Waals surface area contributed by atoms with Gasteiger partial charge in [0.15, 0.2) is 0 Å². The predicted molar refractivity (Wildman–Crippen MR) is 89.4 cm³/mol. The third-order valence-corrected chi connectivity index (χ3v) is 3.90. The molecule has 3 N–H and O–H groups in total. The van der Waals surface area contributed by atoms with Gasteiger partial charge in [0.2, 0.25) is 0 Å². The normalized spacial score (nSPS) is 10.2. The minimum absolute atomic E-state index is 0.0448. The van der Waals surface area contributed by atoms with Crippen LogP contribution in [0.2, 0.25) is 5.02 Å². The molecule has 0 aromatic heterocycles. The summed E-state index contributed by atoms with van der Waals surface area (Å²) in [4.78, 5) is 12.4. The molecule has 0 unspecified atom stereocenters. The number of rotatable bonds is 3. The molecule has 108 valence electrons. The third-order valence-electron chi connectivity index (χ3n) is 2.69. The van der Waals surface area contributed by atoms with E-state index < -0.39 is 11.7 Å². The van der Waals surface area contributed by atoms with E-state index in [0.29, 0.717) is 15.7 Å². The first-order valence-corrected chi connectivity index (χ1v) is 7.33. The molecule has 3 nitrogen and oxygen atoms in total. The van der Waals surface area contributed by atoms with Crippen molar-refractivity contribution in [3.05, 3.63) is 62.8 Å². The summed E-state index contributed by atoms with van der Waals surface area (Å²) in [6.45, 7) is 0. The molecule has 0 aliphatic heterocycles. The smallest absolute Gasteiger partial charge is 0.260 e. The summed E-state index contributed by atoms with van der Waals surface area (Å²) in [5, 5.41) is 2.62. The maximum Gasteiger partial charge on any atom is 0.260 e. The van der Waals surface area contributed by atoms with Crippen LogP contribution in [0.1, 0.15) is 15.9 Å². The molecule has 0 aliphatic carbocycles. The number of hydrogen-bond acceptors (Lipinski definition) is 2. The highest BCUT2D eigenvalue weighted by Crippen LogP contribution is 2.26. The van der Waals surface area contributed by atoms with Gasteiger partial charge in [0, 0.05) is 10.0 Å².